The van der Waals surface area contributed by atoms with E-state index in [1.807, 2.05) is 54.6 Å². The molecular weight excluding hydrogens is 310 g/mol. The van der Waals surface area contributed by atoms with Gasteiger partial charge in [0.1, 0.15) is 0 Å². The zero-order valence-corrected chi connectivity index (χ0v) is 12.8. The summed E-state index contributed by atoms with van der Waals surface area (Å²) in [5, 5.41) is 2.43. The van der Waals surface area contributed by atoms with Crippen molar-refractivity contribution >= 4 is 41.2 Å². The Labute approximate surface area is 131 Å². The first-order valence-corrected chi connectivity index (χ1v) is 7.92. The molecule has 0 aliphatic heterocycles. The van der Waals surface area contributed by atoms with E-state index in [1.165, 1.54) is 29.8 Å². The zero-order chi connectivity index (χ0) is 14.2. The molecule has 0 bridgehead atoms. The van der Waals surface area contributed by atoms with Crippen LogP contribution in [0.1, 0.15) is 0 Å². The van der Waals surface area contributed by atoms with E-state index in [1.54, 1.807) is 5.41 Å². The molecule has 0 aromatic heterocycles. The van der Waals surface area contributed by atoms with E-state index in [0.717, 1.165) is 9.79 Å². The van der Waals surface area contributed by atoms with E-state index in [-0.39, 0.29) is 5.91 Å². The van der Waals surface area contributed by atoms with Crippen molar-refractivity contribution in [3.05, 3.63) is 71.1 Å². The Morgan fingerprint density at radius 3 is 2.55 bits per heavy atom. The first kappa shape index (κ1) is 15.0. The van der Waals surface area contributed by atoms with E-state index in [4.69, 9.17) is 11.6 Å². The molecular formula is C15H12ClNOS2. The highest BCUT2D eigenvalue weighted by molar-refractivity contribution is 8.02. The minimum absolute atomic E-state index is 0.145. The summed E-state index contributed by atoms with van der Waals surface area (Å²) in [4.78, 5) is 13.6. The number of carbonyl (C=O) groups is 1. The van der Waals surface area contributed by atoms with Crippen LogP contribution in [-0.2, 0) is 4.79 Å². The van der Waals surface area contributed by atoms with Crippen LogP contribution in [0.2, 0.25) is 5.02 Å². The zero-order valence-electron chi connectivity index (χ0n) is 10.5. The monoisotopic (exact) mass is 321 g/mol. The number of hydrogen-bond donors (Lipinski definition) is 1. The fourth-order valence-electron chi connectivity index (χ4n) is 1.35. The van der Waals surface area contributed by atoms with Gasteiger partial charge in [-0.05, 0) is 47.7 Å². The molecule has 0 heterocycles. The summed E-state index contributed by atoms with van der Waals surface area (Å²) in [5.74, 6) is -0.145. The van der Waals surface area contributed by atoms with Crippen molar-refractivity contribution in [3.63, 3.8) is 0 Å². The first-order valence-electron chi connectivity index (χ1n) is 5.85. The Kier molecular flexibility index (Phi) is 6.05. The number of thioether (sulfide) groups is 1. The van der Waals surface area contributed by atoms with Gasteiger partial charge in [-0.25, -0.2) is 0 Å². The summed E-state index contributed by atoms with van der Waals surface area (Å²) >= 11 is 8.63. The maximum absolute atomic E-state index is 11.6. The molecule has 0 unspecified atom stereocenters. The van der Waals surface area contributed by atoms with Crippen molar-refractivity contribution in [1.29, 1.82) is 0 Å². The number of benzene rings is 2. The van der Waals surface area contributed by atoms with Crippen molar-refractivity contribution in [2.75, 3.05) is 0 Å². The van der Waals surface area contributed by atoms with E-state index in [2.05, 4.69) is 4.72 Å². The number of nitrogens with one attached hydrogen (secondary N) is 1. The van der Waals surface area contributed by atoms with Gasteiger partial charge in [-0.15, -0.1) is 0 Å². The molecule has 1 amide bonds. The molecule has 1 N–H and O–H groups in total. The van der Waals surface area contributed by atoms with Crippen molar-refractivity contribution in [2.45, 2.75) is 9.79 Å². The standard InChI is InChI=1S/C15H12ClNOS2/c16-12-5-4-8-14(11-12)19-10-9-15(18)17-20-13-6-2-1-3-7-13/h1-11H,(H,17,18)/b10-9+. The van der Waals surface area contributed by atoms with Gasteiger partial charge in [0, 0.05) is 20.9 Å². The van der Waals surface area contributed by atoms with Crippen molar-refractivity contribution in [2.24, 2.45) is 0 Å². The number of halogens is 1. The lowest BCUT2D eigenvalue weighted by Gasteiger charge is -2.00. The summed E-state index contributed by atoms with van der Waals surface area (Å²) in [7, 11) is 0. The minimum atomic E-state index is -0.145. The Hall–Kier alpha value is -1.36. The van der Waals surface area contributed by atoms with Crippen LogP contribution in [0, 0.1) is 0 Å². The lowest BCUT2D eigenvalue weighted by atomic mass is 10.4. The van der Waals surface area contributed by atoms with Crippen LogP contribution in [-0.4, -0.2) is 5.91 Å². The average molecular weight is 322 g/mol. The van der Waals surface area contributed by atoms with Crippen molar-refractivity contribution in [1.82, 2.24) is 4.72 Å². The maximum atomic E-state index is 11.6. The van der Waals surface area contributed by atoms with Crippen LogP contribution in [0.25, 0.3) is 0 Å². The summed E-state index contributed by atoms with van der Waals surface area (Å²) in [6.07, 6.45) is 1.50. The lowest BCUT2D eigenvalue weighted by molar-refractivity contribution is -0.114. The smallest absolute Gasteiger partial charge is 0.254 e. The fraction of sp³-hybridized carbons (Fsp3) is 0. The quantitative estimate of drug-likeness (QED) is 0.488. The molecule has 0 aliphatic carbocycles. The van der Waals surface area contributed by atoms with E-state index in [9.17, 15) is 4.79 Å². The van der Waals surface area contributed by atoms with E-state index in [0.29, 0.717) is 5.02 Å². The van der Waals surface area contributed by atoms with Gasteiger partial charge in [-0.2, -0.15) is 0 Å². The Balaban J connectivity index is 1.78. The SMILES string of the molecule is O=C(/C=C/Sc1cccc(Cl)c1)NSc1ccccc1. The normalized spacial score (nSPS) is 10.7. The number of amides is 1. The van der Waals surface area contributed by atoms with E-state index < -0.39 is 0 Å². The summed E-state index contributed by atoms with van der Waals surface area (Å²) in [6.45, 7) is 0. The van der Waals surface area contributed by atoms with Crippen LogP contribution >= 0.6 is 35.3 Å². The number of hydrogen-bond acceptors (Lipinski definition) is 3. The van der Waals surface area contributed by atoms with Gasteiger partial charge in [-0.1, -0.05) is 47.6 Å². The highest BCUT2D eigenvalue weighted by Crippen LogP contribution is 2.22. The molecule has 0 saturated carbocycles. The first-order chi connectivity index (χ1) is 9.74. The van der Waals surface area contributed by atoms with Gasteiger partial charge in [0.2, 0.25) is 0 Å². The molecule has 2 rings (SSSR count). The van der Waals surface area contributed by atoms with Crippen molar-refractivity contribution < 1.29 is 4.79 Å². The van der Waals surface area contributed by atoms with Gasteiger partial charge in [0.15, 0.2) is 0 Å². The highest BCUT2D eigenvalue weighted by Gasteiger charge is 1.97. The third-order valence-electron chi connectivity index (χ3n) is 2.23. The second-order valence-corrected chi connectivity index (χ2v) is 6.05. The molecule has 0 saturated heterocycles. The molecule has 0 atom stereocenters. The van der Waals surface area contributed by atoms with Gasteiger partial charge in [0.05, 0.1) is 0 Å². The van der Waals surface area contributed by atoms with Gasteiger partial charge < -0.3 is 0 Å². The summed E-state index contributed by atoms with van der Waals surface area (Å²) in [6, 6.07) is 17.2. The lowest BCUT2D eigenvalue weighted by Crippen LogP contribution is -2.11. The molecule has 0 spiro atoms. The van der Waals surface area contributed by atoms with Crippen LogP contribution in [0.15, 0.2) is 75.9 Å². The summed E-state index contributed by atoms with van der Waals surface area (Å²) in [5.41, 5.74) is 0. The third kappa shape index (κ3) is 5.33. The van der Waals surface area contributed by atoms with Gasteiger partial charge in [0.25, 0.3) is 5.91 Å². The van der Waals surface area contributed by atoms with Crippen molar-refractivity contribution in [3.8, 4) is 0 Å². The molecule has 5 heteroatoms. The van der Waals surface area contributed by atoms with Gasteiger partial charge >= 0.3 is 0 Å². The third-order valence-corrected chi connectivity index (χ3v) is 4.08. The van der Waals surface area contributed by atoms with Crippen LogP contribution < -0.4 is 4.72 Å². The van der Waals surface area contributed by atoms with Crippen LogP contribution in [0.5, 0.6) is 0 Å². The molecule has 2 nitrogen and oxygen atoms in total. The molecule has 0 aliphatic rings. The molecule has 2 aromatic rings. The molecule has 20 heavy (non-hydrogen) atoms. The highest BCUT2D eigenvalue weighted by atomic mass is 35.5. The van der Waals surface area contributed by atoms with Crippen LogP contribution in [0.4, 0.5) is 0 Å². The molecule has 0 fully saturated rings. The number of rotatable bonds is 5. The minimum Gasteiger partial charge on any atom is -0.292 e. The maximum Gasteiger partial charge on any atom is 0.254 e. The molecule has 0 radical (unpaired) electrons. The summed E-state index contributed by atoms with van der Waals surface area (Å²) < 4.78 is 2.75. The largest absolute Gasteiger partial charge is 0.292 e. The predicted octanol–water partition coefficient (Wildman–Crippen LogP) is 4.77. The van der Waals surface area contributed by atoms with Crippen LogP contribution in [0.3, 0.4) is 0 Å². The second kappa shape index (κ2) is 8.04. The van der Waals surface area contributed by atoms with Gasteiger partial charge in [-0.3, -0.25) is 9.52 Å². The Bertz CT molecular complexity index is 602. The topological polar surface area (TPSA) is 29.1 Å². The Morgan fingerprint density at radius 1 is 1.05 bits per heavy atom. The predicted molar refractivity (Wildman–Crippen MR) is 86.9 cm³/mol. The average Bonchev–Trinajstić information content (AvgIpc) is 2.46. The fourth-order valence-corrected chi connectivity index (χ4v) is 2.88. The molecule has 2 aromatic carbocycles. The van der Waals surface area contributed by atoms with E-state index >= 15 is 0 Å². The second-order valence-electron chi connectivity index (χ2n) is 3.76. The Morgan fingerprint density at radius 2 is 1.80 bits per heavy atom. The molecule has 102 valence electrons. The number of carbonyl (C=O) groups excluding carboxylic acids is 1.